The average molecular weight is 335 g/mol. The second-order valence-corrected chi connectivity index (χ2v) is 5.73. The molecule has 2 rings (SSSR count). The molecule has 0 aliphatic carbocycles. The van der Waals surface area contributed by atoms with E-state index in [1.807, 2.05) is 13.8 Å². The summed E-state index contributed by atoms with van der Waals surface area (Å²) in [6.07, 6.45) is -0.599. The zero-order valence-electron chi connectivity index (χ0n) is 13.7. The smallest absolute Gasteiger partial charge is 0.341 e. The number of halogens is 2. The molecule has 1 atom stereocenters. The minimum atomic E-state index is -2.66. The maximum Gasteiger partial charge on any atom is 0.341 e. The van der Waals surface area contributed by atoms with E-state index >= 15 is 0 Å². The lowest BCUT2D eigenvalue weighted by atomic mass is 9.98. The highest BCUT2D eigenvalue weighted by atomic mass is 19.3. The molecular weight excluding hydrogens is 316 g/mol. The predicted octanol–water partition coefficient (Wildman–Crippen LogP) is 4.43. The van der Waals surface area contributed by atoms with Crippen molar-refractivity contribution in [3.8, 4) is 11.1 Å². The largest absolute Gasteiger partial charge is 0.477 e. The number of hydrogen-bond donors (Lipinski definition) is 1. The van der Waals surface area contributed by atoms with E-state index in [0.717, 1.165) is 6.42 Å². The molecule has 1 N–H and O–H groups in total. The fourth-order valence-corrected chi connectivity index (χ4v) is 2.70. The fraction of sp³-hybridized carbons (Fsp3) is 0.333. The Kier molecular flexibility index (Phi) is 5.17. The maximum absolute atomic E-state index is 13.0. The van der Waals surface area contributed by atoms with E-state index in [4.69, 9.17) is 0 Å². The van der Waals surface area contributed by atoms with Gasteiger partial charge in [-0.25, -0.2) is 13.6 Å². The van der Waals surface area contributed by atoms with E-state index in [2.05, 4.69) is 0 Å². The third kappa shape index (κ3) is 3.22. The topological polar surface area (TPSA) is 59.3 Å². The van der Waals surface area contributed by atoms with Gasteiger partial charge < -0.3 is 9.67 Å². The van der Waals surface area contributed by atoms with E-state index in [1.165, 1.54) is 24.4 Å². The molecule has 0 fully saturated rings. The van der Waals surface area contributed by atoms with Gasteiger partial charge in [-0.15, -0.1) is 0 Å². The number of pyridine rings is 1. The lowest BCUT2D eigenvalue weighted by molar-refractivity contribution is 0.0694. The van der Waals surface area contributed by atoms with Crippen molar-refractivity contribution in [3.05, 3.63) is 57.5 Å². The van der Waals surface area contributed by atoms with Crippen molar-refractivity contribution in [2.24, 2.45) is 0 Å². The summed E-state index contributed by atoms with van der Waals surface area (Å²) in [6.45, 7) is 5.55. The second kappa shape index (κ2) is 6.95. The number of hydrogen-bond acceptors (Lipinski definition) is 2. The van der Waals surface area contributed by atoms with E-state index in [1.54, 1.807) is 17.6 Å². The molecule has 0 saturated heterocycles. The monoisotopic (exact) mass is 335 g/mol. The first kappa shape index (κ1) is 17.8. The molecule has 2 aromatic rings. The summed E-state index contributed by atoms with van der Waals surface area (Å²) >= 11 is 0. The molecule has 128 valence electrons. The van der Waals surface area contributed by atoms with Crippen LogP contribution < -0.4 is 5.43 Å². The highest BCUT2D eigenvalue weighted by molar-refractivity contribution is 5.89. The summed E-state index contributed by atoms with van der Waals surface area (Å²) in [4.78, 5) is 24.0. The van der Waals surface area contributed by atoms with E-state index in [-0.39, 0.29) is 22.7 Å². The second-order valence-electron chi connectivity index (χ2n) is 5.73. The van der Waals surface area contributed by atoms with Crippen molar-refractivity contribution in [1.82, 2.24) is 4.57 Å². The molecule has 0 spiro atoms. The quantitative estimate of drug-likeness (QED) is 0.879. The lowest BCUT2D eigenvalue weighted by Crippen LogP contribution is -2.23. The molecule has 1 unspecified atom stereocenters. The standard InChI is InChI=1S/C18H19F2NO3/c1-4-10(2)21-9-14(18(23)24)16(22)15(11(21)3)12-6-5-7-13(8-12)17(19)20/h5-10,17H,4H2,1-3H3,(H,23,24). The van der Waals surface area contributed by atoms with Gasteiger partial charge in [0.25, 0.3) is 6.43 Å². The highest BCUT2D eigenvalue weighted by Gasteiger charge is 2.21. The van der Waals surface area contributed by atoms with Crippen molar-refractivity contribution < 1.29 is 18.7 Å². The highest BCUT2D eigenvalue weighted by Crippen LogP contribution is 2.27. The van der Waals surface area contributed by atoms with E-state index in [0.29, 0.717) is 11.3 Å². The van der Waals surface area contributed by atoms with E-state index in [9.17, 15) is 23.5 Å². The van der Waals surface area contributed by atoms with Gasteiger partial charge in [0, 0.05) is 29.1 Å². The average Bonchev–Trinajstić information content (AvgIpc) is 2.54. The first-order valence-electron chi connectivity index (χ1n) is 7.65. The number of aromatic nitrogens is 1. The minimum absolute atomic E-state index is 0.0271. The lowest BCUT2D eigenvalue weighted by Gasteiger charge is -2.21. The Morgan fingerprint density at radius 1 is 1.33 bits per heavy atom. The summed E-state index contributed by atoms with van der Waals surface area (Å²) in [5.74, 6) is -1.33. The Morgan fingerprint density at radius 3 is 2.54 bits per heavy atom. The summed E-state index contributed by atoms with van der Waals surface area (Å²) in [7, 11) is 0. The number of benzene rings is 1. The molecule has 0 bridgehead atoms. The first-order chi connectivity index (χ1) is 11.3. The Morgan fingerprint density at radius 2 is 2.00 bits per heavy atom. The van der Waals surface area contributed by atoms with Gasteiger partial charge in [0.05, 0.1) is 0 Å². The van der Waals surface area contributed by atoms with Gasteiger partial charge in [-0.1, -0.05) is 25.1 Å². The van der Waals surface area contributed by atoms with Crippen molar-refractivity contribution in [2.75, 3.05) is 0 Å². The van der Waals surface area contributed by atoms with Crippen LogP contribution in [0.15, 0.2) is 35.3 Å². The molecule has 0 amide bonds. The van der Waals surface area contributed by atoms with Gasteiger partial charge in [0.1, 0.15) is 5.56 Å². The maximum atomic E-state index is 13.0. The van der Waals surface area contributed by atoms with Crippen LogP contribution in [0.25, 0.3) is 11.1 Å². The third-order valence-electron chi connectivity index (χ3n) is 4.21. The van der Waals surface area contributed by atoms with Crippen LogP contribution in [0.3, 0.4) is 0 Å². The molecular formula is C18H19F2NO3. The number of alkyl halides is 2. The summed E-state index contributed by atoms with van der Waals surface area (Å²) in [5, 5.41) is 9.32. The number of carbonyl (C=O) groups is 1. The van der Waals surface area contributed by atoms with Crippen molar-refractivity contribution in [2.45, 2.75) is 39.7 Å². The van der Waals surface area contributed by atoms with Crippen LogP contribution >= 0.6 is 0 Å². The summed E-state index contributed by atoms with van der Waals surface area (Å²) in [6, 6.07) is 5.47. The molecule has 1 heterocycles. The molecule has 0 saturated carbocycles. The van der Waals surface area contributed by atoms with Crippen molar-refractivity contribution >= 4 is 5.97 Å². The van der Waals surface area contributed by atoms with Crippen LogP contribution in [-0.2, 0) is 0 Å². The normalized spacial score (nSPS) is 12.4. The molecule has 0 radical (unpaired) electrons. The molecule has 0 aliphatic rings. The SMILES string of the molecule is CCC(C)n1cc(C(=O)O)c(=O)c(-c2cccc(C(F)F)c2)c1C. The number of carboxylic acid groups (broad SMARTS) is 1. The fourth-order valence-electron chi connectivity index (χ4n) is 2.70. The number of aromatic carboxylic acids is 1. The molecule has 24 heavy (non-hydrogen) atoms. The molecule has 4 nitrogen and oxygen atoms in total. The van der Waals surface area contributed by atoms with Crippen LogP contribution in [0.4, 0.5) is 8.78 Å². The molecule has 1 aromatic carbocycles. The molecule has 6 heteroatoms. The van der Waals surface area contributed by atoms with Crippen LogP contribution in [-0.4, -0.2) is 15.6 Å². The van der Waals surface area contributed by atoms with Crippen LogP contribution in [0, 0.1) is 6.92 Å². The Bertz CT molecular complexity index is 827. The summed E-state index contributed by atoms with van der Waals surface area (Å²) < 4.78 is 27.6. The third-order valence-corrected chi connectivity index (χ3v) is 4.21. The van der Waals surface area contributed by atoms with E-state index < -0.39 is 17.8 Å². The predicted molar refractivity (Wildman–Crippen MR) is 87.8 cm³/mol. The van der Waals surface area contributed by atoms with Gasteiger partial charge in [0.15, 0.2) is 0 Å². The van der Waals surface area contributed by atoms with Gasteiger partial charge in [-0.3, -0.25) is 4.79 Å². The Labute approximate surface area is 138 Å². The zero-order valence-corrected chi connectivity index (χ0v) is 13.7. The molecule has 0 aliphatic heterocycles. The number of nitrogens with zero attached hydrogens (tertiary/aromatic N) is 1. The van der Waals surface area contributed by atoms with Gasteiger partial charge >= 0.3 is 5.97 Å². The van der Waals surface area contributed by atoms with Crippen LogP contribution in [0.5, 0.6) is 0 Å². The van der Waals surface area contributed by atoms with Gasteiger partial charge in [0.2, 0.25) is 5.43 Å². The number of carboxylic acids is 1. The molecule has 1 aromatic heterocycles. The zero-order chi connectivity index (χ0) is 18.0. The van der Waals surface area contributed by atoms with Crippen molar-refractivity contribution in [3.63, 3.8) is 0 Å². The van der Waals surface area contributed by atoms with Crippen LogP contribution in [0.2, 0.25) is 0 Å². The number of rotatable bonds is 5. The van der Waals surface area contributed by atoms with Gasteiger partial charge in [-0.05, 0) is 31.9 Å². The summed E-state index contributed by atoms with van der Waals surface area (Å²) in [5.41, 5.74) is -0.217. The minimum Gasteiger partial charge on any atom is -0.477 e. The Balaban J connectivity index is 2.82. The van der Waals surface area contributed by atoms with Crippen LogP contribution in [0.1, 0.15) is 54.4 Å². The van der Waals surface area contributed by atoms with Gasteiger partial charge in [-0.2, -0.15) is 0 Å². The first-order valence-corrected chi connectivity index (χ1v) is 7.65. The Hall–Kier alpha value is -2.50. The van der Waals surface area contributed by atoms with Crippen molar-refractivity contribution in [1.29, 1.82) is 0 Å².